The van der Waals surface area contributed by atoms with E-state index in [4.69, 9.17) is 14.9 Å². The number of aliphatic imine (C=N–C) groups is 1. The van der Waals surface area contributed by atoms with Gasteiger partial charge in [0.25, 0.3) is 5.91 Å². The van der Waals surface area contributed by atoms with Crippen LogP contribution < -0.4 is 9.47 Å². The third-order valence-electron chi connectivity index (χ3n) is 6.71. The molecular formula is C27H33N3O3. The molecule has 1 amide bonds. The monoisotopic (exact) mass is 447 g/mol. The van der Waals surface area contributed by atoms with Crippen LogP contribution >= 0.6 is 0 Å². The molecule has 1 spiro atoms. The normalized spacial score (nSPS) is 20.4. The Morgan fingerprint density at radius 3 is 2.55 bits per heavy atom. The van der Waals surface area contributed by atoms with E-state index in [0.29, 0.717) is 44.0 Å². The molecule has 2 aliphatic heterocycles. The fourth-order valence-electron chi connectivity index (χ4n) is 4.75. The molecule has 174 valence electrons. The highest BCUT2D eigenvalue weighted by atomic mass is 16.5. The van der Waals surface area contributed by atoms with E-state index in [9.17, 15) is 4.79 Å². The quantitative estimate of drug-likeness (QED) is 0.643. The predicted molar refractivity (Wildman–Crippen MR) is 131 cm³/mol. The Kier molecular flexibility index (Phi) is 6.82. The molecule has 2 aromatic carbocycles. The molecule has 6 nitrogen and oxygen atoms in total. The lowest BCUT2D eigenvalue weighted by atomic mass is 9.73. The summed E-state index contributed by atoms with van der Waals surface area (Å²) in [5.41, 5.74) is 1.96. The van der Waals surface area contributed by atoms with Crippen LogP contribution in [0.1, 0.15) is 49.0 Å². The number of nitrogens with zero attached hydrogens (tertiary/aromatic N) is 2. The van der Waals surface area contributed by atoms with Crippen molar-refractivity contribution in [2.45, 2.75) is 38.7 Å². The molecule has 1 N–H and O–H groups in total. The molecule has 1 fully saturated rings. The van der Waals surface area contributed by atoms with Crippen molar-refractivity contribution >= 4 is 17.8 Å². The standard InChI is InChI=1S/C27H33N3O3/c1-19(2)12-17-32-21-10-8-20(9-11-21)26(31)30-15-13-27(14-16-30)23(18-28)25(29-3)22-6-4-5-7-24(22)33-27/h4-11,18-19,23,28H,12-17H2,1-3H3. The van der Waals surface area contributed by atoms with Crippen molar-refractivity contribution in [2.24, 2.45) is 16.8 Å². The first-order chi connectivity index (χ1) is 16.0. The molecule has 1 saturated heterocycles. The van der Waals surface area contributed by atoms with Gasteiger partial charge in [0.1, 0.15) is 17.1 Å². The number of para-hydroxylation sites is 1. The van der Waals surface area contributed by atoms with Crippen LogP contribution in [0.4, 0.5) is 0 Å². The molecule has 0 aromatic heterocycles. The average molecular weight is 448 g/mol. The number of ether oxygens (including phenoxy) is 2. The Hall–Kier alpha value is -3.15. The van der Waals surface area contributed by atoms with Crippen LogP contribution in [0.3, 0.4) is 0 Å². The van der Waals surface area contributed by atoms with Gasteiger partial charge in [-0.15, -0.1) is 0 Å². The van der Waals surface area contributed by atoms with E-state index in [1.54, 1.807) is 7.05 Å². The lowest BCUT2D eigenvalue weighted by Crippen LogP contribution is -2.58. The fraction of sp³-hybridized carbons (Fsp3) is 0.444. The number of benzene rings is 2. The first-order valence-electron chi connectivity index (χ1n) is 11.8. The maximum absolute atomic E-state index is 13.1. The maximum Gasteiger partial charge on any atom is 0.253 e. The van der Waals surface area contributed by atoms with Crippen LogP contribution in [0.15, 0.2) is 53.5 Å². The molecule has 2 heterocycles. The summed E-state index contributed by atoms with van der Waals surface area (Å²) in [6.45, 7) is 6.18. The lowest BCUT2D eigenvalue weighted by molar-refractivity contribution is -0.00861. The highest BCUT2D eigenvalue weighted by Crippen LogP contribution is 2.42. The average Bonchev–Trinajstić information content (AvgIpc) is 2.83. The van der Waals surface area contributed by atoms with Crippen LogP contribution in [0.2, 0.25) is 0 Å². The minimum Gasteiger partial charge on any atom is -0.494 e. The van der Waals surface area contributed by atoms with Gasteiger partial charge in [-0.1, -0.05) is 26.0 Å². The van der Waals surface area contributed by atoms with Crippen LogP contribution in [0.25, 0.3) is 0 Å². The SMILES string of the molecule is CN=C1c2ccccc2OC2(CCN(C(=O)c3ccc(OCCC(C)C)cc3)CC2)C1C=N. The second-order valence-electron chi connectivity index (χ2n) is 9.26. The van der Waals surface area contributed by atoms with E-state index in [1.165, 1.54) is 6.21 Å². The van der Waals surface area contributed by atoms with Crippen LogP contribution in [0, 0.1) is 17.2 Å². The van der Waals surface area contributed by atoms with Crippen molar-refractivity contribution < 1.29 is 14.3 Å². The van der Waals surface area contributed by atoms with Crippen molar-refractivity contribution in [3.8, 4) is 11.5 Å². The third kappa shape index (κ3) is 4.65. The van der Waals surface area contributed by atoms with Gasteiger partial charge in [-0.3, -0.25) is 9.79 Å². The molecular weight excluding hydrogens is 414 g/mol. The summed E-state index contributed by atoms with van der Waals surface area (Å²) >= 11 is 0. The molecule has 0 radical (unpaired) electrons. The highest BCUT2D eigenvalue weighted by molar-refractivity contribution is 6.12. The molecule has 2 aromatic rings. The highest BCUT2D eigenvalue weighted by Gasteiger charge is 2.49. The Morgan fingerprint density at radius 1 is 1.21 bits per heavy atom. The minimum absolute atomic E-state index is 0.0191. The van der Waals surface area contributed by atoms with Crippen LogP contribution in [-0.2, 0) is 0 Å². The van der Waals surface area contributed by atoms with Gasteiger partial charge in [0, 0.05) is 50.3 Å². The second-order valence-corrected chi connectivity index (χ2v) is 9.26. The molecule has 6 heteroatoms. The predicted octanol–water partition coefficient (Wildman–Crippen LogP) is 4.86. The van der Waals surface area contributed by atoms with E-state index >= 15 is 0 Å². The summed E-state index contributed by atoms with van der Waals surface area (Å²) in [7, 11) is 1.77. The summed E-state index contributed by atoms with van der Waals surface area (Å²) < 4.78 is 12.3. The number of amides is 1. The van der Waals surface area contributed by atoms with Gasteiger partial charge >= 0.3 is 0 Å². The molecule has 2 aliphatic rings. The number of piperidine rings is 1. The molecule has 0 bridgehead atoms. The van der Waals surface area contributed by atoms with E-state index in [2.05, 4.69) is 18.8 Å². The van der Waals surface area contributed by atoms with Crippen LogP contribution in [0.5, 0.6) is 11.5 Å². The van der Waals surface area contributed by atoms with Crippen molar-refractivity contribution in [3.05, 3.63) is 59.7 Å². The van der Waals surface area contributed by atoms with Gasteiger partial charge in [0.15, 0.2) is 0 Å². The van der Waals surface area contributed by atoms with Crippen molar-refractivity contribution in [1.82, 2.24) is 4.90 Å². The Labute approximate surface area is 196 Å². The van der Waals surface area contributed by atoms with Crippen molar-refractivity contribution in [2.75, 3.05) is 26.7 Å². The number of fused-ring (bicyclic) bond motifs is 1. The zero-order valence-corrected chi connectivity index (χ0v) is 19.7. The Morgan fingerprint density at radius 2 is 1.91 bits per heavy atom. The number of likely N-dealkylation sites (tertiary alicyclic amines) is 1. The summed E-state index contributed by atoms with van der Waals surface area (Å²) in [5, 5.41) is 8.12. The number of nitrogens with one attached hydrogen (secondary N) is 1. The van der Waals surface area contributed by atoms with Crippen molar-refractivity contribution in [1.29, 1.82) is 5.41 Å². The molecule has 1 unspecified atom stereocenters. The smallest absolute Gasteiger partial charge is 0.253 e. The van der Waals surface area contributed by atoms with Gasteiger partial charge in [-0.05, 0) is 48.7 Å². The first kappa shape index (κ1) is 23.0. The van der Waals surface area contributed by atoms with Gasteiger partial charge in [-0.2, -0.15) is 0 Å². The zero-order chi connectivity index (χ0) is 23.4. The largest absolute Gasteiger partial charge is 0.494 e. The van der Waals surface area contributed by atoms with Gasteiger partial charge in [-0.25, -0.2) is 0 Å². The Balaban J connectivity index is 1.44. The summed E-state index contributed by atoms with van der Waals surface area (Å²) in [6, 6.07) is 15.3. The van der Waals surface area contributed by atoms with Crippen LogP contribution in [-0.4, -0.2) is 55.1 Å². The number of carbonyl (C=O) groups excluding carboxylic acids is 1. The Bertz CT molecular complexity index is 1020. The molecule has 1 atom stereocenters. The van der Waals surface area contributed by atoms with Crippen molar-refractivity contribution in [3.63, 3.8) is 0 Å². The van der Waals surface area contributed by atoms with E-state index in [0.717, 1.165) is 29.2 Å². The summed E-state index contributed by atoms with van der Waals surface area (Å²) in [6.07, 6.45) is 3.77. The van der Waals surface area contributed by atoms with Gasteiger partial charge in [0.2, 0.25) is 0 Å². The molecule has 0 saturated carbocycles. The molecule has 0 aliphatic carbocycles. The molecule has 4 rings (SSSR count). The third-order valence-corrected chi connectivity index (χ3v) is 6.71. The summed E-state index contributed by atoms with van der Waals surface area (Å²) in [5.74, 6) is 1.99. The first-order valence-corrected chi connectivity index (χ1v) is 11.8. The molecule has 33 heavy (non-hydrogen) atoms. The number of hydrogen-bond donors (Lipinski definition) is 1. The zero-order valence-electron chi connectivity index (χ0n) is 19.7. The maximum atomic E-state index is 13.1. The number of rotatable bonds is 6. The van der Waals surface area contributed by atoms with Gasteiger partial charge < -0.3 is 19.8 Å². The van der Waals surface area contributed by atoms with E-state index < -0.39 is 5.60 Å². The fourth-order valence-corrected chi connectivity index (χ4v) is 4.75. The number of carbonyl (C=O) groups is 1. The van der Waals surface area contributed by atoms with Gasteiger partial charge in [0.05, 0.1) is 18.2 Å². The topological polar surface area (TPSA) is 75.0 Å². The van der Waals surface area contributed by atoms with E-state index in [-0.39, 0.29) is 11.8 Å². The van der Waals surface area contributed by atoms with E-state index in [1.807, 2.05) is 53.4 Å². The lowest BCUT2D eigenvalue weighted by Gasteiger charge is -2.48. The number of hydrogen-bond acceptors (Lipinski definition) is 5. The minimum atomic E-state index is -0.546. The summed E-state index contributed by atoms with van der Waals surface area (Å²) in [4.78, 5) is 19.5. The second kappa shape index (κ2) is 9.77.